The highest BCUT2D eigenvalue weighted by Crippen LogP contribution is 2.07. The molecule has 0 aliphatic carbocycles. The summed E-state index contributed by atoms with van der Waals surface area (Å²) in [6.45, 7) is 3.31. The number of carbonyl (C=O) groups excluding carboxylic acids is 1. The first-order valence-electron chi connectivity index (χ1n) is 6.69. The number of rotatable bonds is 3. The third-order valence-electron chi connectivity index (χ3n) is 3.59. The predicted octanol–water partition coefficient (Wildman–Crippen LogP) is -0.830. The van der Waals surface area contributed by atoms with Crippen LogP contribution in [0.1, 0.15) is 12.5 Å². The highest BCUT2D eigenvalue weighted by Gasteiger charge is 2.30. The van der Waals surface area contributed by atoms with Gasteiger partial charge >= 0.3 is 0 Å². The first-order chi connectivity index (χ1) is 9.08. The molecule has 19 heavy (non-hydrogen) atoms. The molecule has 1 heterocycles. The number of hydrogen-bond acceptors (Lipinski definition) is 3. The molecule has 0 bridgehead atoms. The summed E-state index contributed by atoms with van der Waals surface area (Å²) in [5.41, 5.74) is 7.06. The zero-order chi connectivity index (χ0) is 13.8. The number of hydrogen-bond donors (Lipinski definition) is 2. The van der Waals surface area contributed by atoms with Crippen molar-refractivity contribution < 1.29 is 9.86 Å². The van der Waals surface area contributed by atoms with Crippen LogP contribution in [0.4, 0.5) is 0 Å². The molecular weight excluding hydrogens is 242 g/mol. The second-order valence-electron chi connectivity index (χ2n) is 5.17. The van der Waals surface area contributed by atoms with Crippen LogP contribution in [-0.2, 0) is 11.2 Å². The number of carbonyl (C=O) groups is 1. The monoisotopic (exact) mass is 263 g/mol. The minimum absolute atomic E-state index is 0.0319. The molecule has 5 nitrogen and oxygen atoms in total. The maximum absolute atomic E-state index is 12.3. The van der Waals surface area contributed by atoms with E-state index < -0.39 is 6.04 Å². The summed E-state index contributed by atoms with van der Waals surface area (Å²) in [7, 11) is 0. The molecule has 1 fully saturated rings. The minimum atomic E-state index is -0.530. The van der Waals surface area contributed by atoms with Gasteiger partial charge in [0.25, 0.3) is 0 Å². The number of amides is 1. The predicted molar refractivity (Wildman–Crippen MR) is 73.4 cm³/mol. The maximum Gasteiger partial charge on any atom is 0.240 e. The van der Waals surface area contributed by atoms with Crippen molar-refractivity contribution in [1.29, 1.82) is 0 Å². The normalized spacial score (nSPS) is 25.1. The SMILES string of the molecule is CC1C[NH+]([O-])CCN1C(=O)[C@@H](N)Cc1ccccc1. The molecule has 2 unspecified atom stereocenters. The van der Waals surface area contributed by atoms with Crippen LogP contribution in [0.3, 0.4) is 0 Å². The van der Waals surface area contributed by atoms with Crippen molar-refractivity contribution in [1.82, 2.24) is 4.90 Å². The van der Waals surface area contributed by atoms with Crippen LogP contribution < -0.4 is 10.8 Å². The summed E-state index contributed by atoms with van der Waals surface area (Å²) in [5.74, 6) is -0.0520. The molecule has 0 radical (unpaired) electrons. The highest BCUT2D eigenvalue weighted by atomic mass is 16.5. The van der Waals surface area contributed by atoms with Crippen LogP contribution in [-0.4, -0.2) is 42.5 Å². The second-order valence-corrected chi connectivity index (χ2v) is 5.17. The highest BCUT2D eigenvalue weighted by molar-refractivity contribution is 5.82. The van der Waals surface area contributed by atoms with Crippen LogP contribution in [0.5, 0.6) is 0 Å². The summed E-state index contributed by atoms with van der Waals surface area (Å²) in [5, 5.41) is 11.6. The van der Waals surface area contributed by atoms with E-state index >= 15 is 0 Å². The maximum atomic E-state index is 12.3. The van der Waals surface area contributed by atoms with Crippen LogP contribution in [0, 0.1) is 5.21 Å². The summed E-state index contributed by atoms with van der Waals surface area (Å²) < 4.78 is 0. The molecule has 0 spiro atoms. The summed E-state index contributed by atoms with van der Waals surface area (Å²) >= 11 is 0. The Labute approximate surface area is 113 Å². The number of quaternary nitrogens is 1. The Bertz CT molecular complexity index is 424. The van der Waals surface area contributed by atoms with E-state index in [1.165, 1.54) is 0 Å². The lowest BCUT2D eigenvalue weighted by molar-refractivity contribution is -0.855. The molecule has 2 rings (SSSR count). The van der Waals surface area contributed by atoms with Gasteiger partial charge in [0, 0.05) is 0 Å². The third-order valence-corrected chi connectivity index (χ3v) is 3.59. The first-order valence-corrected chi connectivity index (χ1v) is 6.69. The first kappa shape index (κ1) is 14.0. The van der Waals surface area contributed by atoms with Gasteiger partial charge in [-0.25, -0.2) is 0 Å². The Morgan fingerprint density at radius 3 is 2.84 bits per heavy atom. The Hall–Kier alpha value is -1.43. The molecule has 1 aliphatic heterocycles. The number of benzene rings is 1. The summed E-state index contributed by atoms with van der Waals surface area (Å²) in [6.07, 6.45) is 0.539. The fourth-order valence-electron chi connectivity index (χ4n) is 2.50. The zero-order valence-electron chi connectivity index (χ0n) is 11.2. The fourth-order valence-corrected chi connectivity index (χ4v) is 2.50. The van der Waals surface area contributed by atoms with Gasteiger partial charge in [0.1, 0.15) is 0 Å². The van der Waals surface area contributed by atoms with E-state index in [-0.39, 0.29) is 17.0 Å². The molecule has 3 N–H and O–H groups in total. The molecule has 3 atom stereocenters. The lowest BCUT2D eigenvalue weighted by atomic mass is 10.0. The summed E-state index contributed by atoms with van der Waals surface area (Å²) in [4.78, 5) is 14.1. The zero-order valence-corrected chi connectivity index (χ0v) is 11.2. The Morgan fingerprint density at radius 2 is 2.21 bits per heavy atom. The number of nitrogens with one attached hydrogen (secondary N) is 1. The van der Waals surface area contributed by atoms with Gasteiger partial charge in [0.05, 0.1) is 31.7 Å². The lowest BCUT2D eigenvalue weighted by Gasteiger charge is -2.40. The van der Waals surface area contributed by atoms with Gasteiger partial charge in [-0.15, -0.1) is 0 Å². The van der Waals surface area contributed by atoms with E-state index in [9.17, 15) is 10.0 Å². The van der Waals surface area contributed by atoms with E-state index in [4.69, 9.17) is 5.73 Å². The van der Waals surface area contributed by atoms with E-state index in [1.54, 1.807) is 4.90 Å². The molecule has 1 aliphatic rings. The van der Waals surface area contributed by atoms with Gasteiger partial charge in [0.15, 0.2) is 0 Å². The molecule has 104 valence electrons. The van der Waals surface area contributed by atoms with Crippen molar-refractivity contribution >= 4 is 5.91 Å². The number of nitrogens with zero attached hydrogens (tertiary/aromatic N) is 1. The van der Waals surface area contributed by atoms with Gasteiger partial charge in [-0.05, 0) is 18.9 Å². The molecule has 1 aromatic rings. The molecule has 1 aromatic carbocycles. The summed E-state index contributed by atoms with van der Waals surface area (Å²) in [6, 6.07) is 9.19. The molecule has 0 saturated carbocycles. The minimum Gasteiger partial charge on any atom is -0.634 e. The van der Waals surface area contributed by atoms with Crippen molar-refractivity contribution in [3.05, 3.63) is 41.1 Å². The van der Waals surface area contributed by atoms with Crippen molar-refractivity contribution in [2.75, 3.05) is 19.6 Å². The van der Waals surface area contributed by atoms with E-state index in [0.717, 1.165) is 5.56 Å². The number of piperazine rings is 1. The fraction of sp³-hybridized carbons (Fsp3) is 0.500. The standard InChI is InChI=1S/C14H21N3O2/c1-11-10-16(19)7-8-17(11)14(18)13(15)9-12-5-3-2-4-6-12/h2-6,11,13,16H,7-10,15H2,1H3/t11?,13-/m0/s1. The molecule has 0 aromatic heterocycles. The van der Waals surface area contributed by atoms with Gasteiger partial charge in [-0.2, -0.15) is 0 Å². The average Bonchev–Trinajstić information content (AvgIpc) is 2.39. The quantitative estimate of drug-likeness (QED) is 0.699. The van der Waals surface area contributed by atoms with Gasteiger partial charge in [0.2, 0.25) is 5.91 Å². The van der Waals surface area contributed by atoms with Crippen LogP contribution in [0.25, 0.3) is 0 Å². The third kappa shape index (κ3) is 3.53. The van der Waals surface area contributed by atoms with E-state index in [1.807, 2.05) is 37.3 Å². The molecular formula is C14H21N3O2. The Balaban J connectivity index is 1.95. The van der Waals surface area contributed by atoms with E-state index in [0.29, 0.717) is 26.1 Å². The average molecular weight is 263 g/mol. The van der Waals surface area contributed by atoms with Gasteiger partial charge in [-0.3, -0.25) is 4.79 Å². The van der Waals surface area contributed by atoms with Gasteiger partial charge < -0.3 is 20.9 Å². The van der Waals surface area contributed by atoms with Crippen LogP contribution in [0.2, 0.25) is 0 Å². The largest absolute Gasteiger partial charge is 0.634 e. The number of hydroxylamine groups is 2. The second kappa shape index (κ2) is 6.14. The Morgan fingerprint density at radius 1 is 1.53 bits per heavy atom. The number of nitrogens with two attached hydrogens (primary N) is 1. The molecule has 1 saturated heterocycles. The van der Waals surface area contributed by atoms with Crippen LogP contribution >= 0.6 is 0 Å². The lowest BCUT2D eigenvalue weighted by Crippen LogP contribution is -3.11. The van der Waals surface area contributed by atoms with Crippen molar-refractivity contribution in [2.24, 2.45) is 5.73 Å². The smallest absolute Gasteiger partial charge is 0.240 e. The molecule has 5 heteroatoms. The molecule has 1 amide bonds. The van der Waals surface area contributed by atoms with E-state index in [2.05, 4.69) is 0 Å². The van der Waals surface area contributed by atoms with Crippen LogP contribution in [0.15, 0.2) is 30.3 Å². The topological polar surface area (TPSA) is 73.8 Å². The Kier molecular flexibility index (Phi) is 4.52. The van der Waals surface area contributed by atoms with Gasteiger partial charge in [-0.1, -0.05) is 30.3 Å². The van der Waals surface area contributed by atoms with Crippen molar-refractivity contribution in [3.63, 3.8) is 0 Å². The van der Waals surface area contributed by atoms with Crippen molar-refractivity contribution in [2.45, 2.75) is 25.4 Å². The van der Waals surface area contributed by atoms with Crippen molar-refractivity contribution in [3.8, 4) is 0 Å².